The number of likely N-dealkylation sites (N-methyl/N-ethyl adjacent to an activating group) is 1. The molecular formula is C15H31N3O. The lowest BCUT2D eigenvalue weighted by molar-refractivity contribution is 0.0691. The molecule has 112 valence electrons. The standard InChI is InChI=1S/C15H31N3O/c1-4-16-15(3,12-19)11-13(2)17-7-9-18(10-8-17)14-5-6-14/h13-14,16,19H,4-12H2,1-3H3. The monoisotopic (exact) mass is 269 g/mol. The van der Waals surface area contributed by atoms with Gasteiger partial charge < -0.3 is 10.4 Å². The maximum Gasteiger partial charge on any atom is 0.0611 e. The third-order valence-electron chi connectivity index (χ3n) is 4.73. The van der Waals surface area contributed by atoms with Gasteiger partial charge in [0.1, 0.15) is 0 Å². The Morgan fingerprint density at radius 1 is 1.26 bits per heavy atom. The summed E-state index contributed by atoms with van der Waals surface area (Å²) in [5, 5.41) is 13.0. The molecule has 1 aliphatic heterocycles. The second-order valence-electron chi connectivity index (χ2n) is 6.61. The van der Waals surface area contributed by atoms with E-state index in [1.54, 1.807) is 0 Å². The first-order valence-electron chi connectivity index (χ1n) is 7.92. The van der Waals surface area contributed by atoms with Crippen LogP contribution in [0.1, 0.15) is 40.0 Å². The van der Waals surface area contributed by atoms with Crippen LogP contribution in [0.2, 0.25) is 0 Å². The lowest BCUT2D eigenvalue weighted by atomic mass is 9.93. The average molecular weight is 269 g/mol. The Bertz CT molecular complexity index is 275. The van der Waals surface area contributed by atoms with Crippen molar-refractivity contribution in [2.75, 3.05) is 39.3 Å². The molecule has 0 amide bonds. The third-order valence-corrected chi connectivity index (χ3v) is 4.73. The zero-order chi connectivity index (χ0) is 13.9. The molecule has 4 nitrogen and oxygen atoms in total. The average Bonchev–Trinajstić information content (AvgIpc) is 3.23. The zero-order valence-electron chi connectivity index (χ0n) is 12.9. The molecule has 2 fully saturated rings. The molecule has 0 spiro atoms. The Labute approximate surface area is 118 Å². The molecular weight excluding hydrogens is 238 g/mol. The quantitative estimate of drug-likeness (QED) is 0.720. The summed E-state index contributed by atoms with van der Waals surface area (Å²) >= 11 is 0. The lowest BCUT2D eigenvalue weighted by Crippen LogP contribution is -2.54. The van der Waals surface area contributed by atoms with Gasteiger partial charge in [-0.1, -0.05) is 6.92 Å². The summed E-state index contributed by atoms with van der Waals surface area (Å²) in [7, 11) is 0. The van der Waals surface area contributed by atoms with Crippen molar-refractivity contribution in [3.63, 3.8) is 0 Å². The van der Waals surface area contributed by atoms with Gasteiger partial charge >= 0.3 is 0 Å². The highest BCUT2D eigenvalue weighted by Gasteiger charge is 2.33. The number of aliphatic hydroxyl groups excluding tert-OH is 1. The normalized spacial score (nSPS) is 27.2. The van der Waals surface area contributed by atoms with E-state index in [-0.39, 0.29) is 12.1 Å². The van der Waals surface area contributed by atoms with Gasteiger partial charge in [0, 0.05) is 43.8 Å². The number of piperazine rings is 1. The third kappa shape index (κ3) is 4.15. The van der Waals surface area contributed by atoms with Crippen molar-refractivity contribution in [2.45, 2.75) is 57.7 Å². The lowest BCUT2D eigenvalue weighted by Gasteiger charge is -2.41. The topological polar surface area (TPSA) is 38.7 Å². The summed E-state index contributed by atoms with van der Waals surface area (Å²) in [6.45, 7) is 12.5. The fourth-order valence-corrected chi connectivity index (χ4v) is 3.38. The van der Waals surface area contributed by atoms with Crippen molar-refractivity contribution in [3.05, 3.63) is 0 Å². The fourth-order valence-electron chi connectivity index (χ4n) is 3.38. The van der Waals surface area contributed by atoms with E-state index in [4.69, 9.17) is 0 Å². The molecule has 0 aromatic rings. The van der Waals surface area contributed by atoms with Gasteiger partial charge in [0.15, 0.2) is 0 Å². The second kappa shape index (κ2) is 6.53. The van der Waals surface area contributed by atoms with E-state index < -0.39 is 0 Å². The van der Waals surface area contributed by atoms with Crippen LogP contribution in [0.3, 0.4) is 0 Å². The van der Waals surface area contributed by atoms with E-state index in [1.165, 1.54) is 39.0 Å². The predicted molar refractivity (Wildman–Crippen MR) is 79.4 cm³/mol. The van der Waals surface area contributed by atoms with Crippen LogP contribution in [0.5, 0.6) is 0 Å². The van der Waals surface area contributed by atoms with Crippen molar-refractivity contribution >= 4 is 0 Å². The molecule has 2 atom stereocenters. The van der Waals surface area contributed by atoms with Crippen molar-refractivity contribution < 1.29 is 5.11 Å². The van der Waals surface area contributed by atoms with E-state index >= 15 is 0 Å². The van der Waals surface area contributed by atoms with Crippen LogP contribution in [0.25, 0.3) is 0 Å². The Hall–Kier alpha value is -0.160. The second-order valence-corrected chi connectivity index (χ2v) is 6.61. The molecule has 0 bridgehead atoms. The summed E-state index contributed by atoms with van der Waals surface area (Å²) in [5.74, 6) is 0. The highest BCUT2D eigenvalue weighted by Crippen LogP contribution is 2.28. The Kier molecular flexibility index (Phi) is 5.23. The molecule has 19 heavy (non-hydrogen) atoms. The zero-order valence-corrected chi connectivity index (χ0v) is 12.9. The smallest absolute Gasteiger partial charge is 0.0611 e. The molecule has 1 heterocycles. The molecule has 0 radical (unpaired) electrons. The highest BCUT2D eigenvalue weighted by atomic mass is 16.3. The van der Waals surface area contributed by atoms with Gasteiger partial charge in [0.2, 0.25) is 0 Å². The van der Waals surface area contributed by atoms with Crippen LogP contribution in [-0.4, -0.2) is 71.9 Å². The highest BCUT2D eigenvalue weighted by molar-refractivity contribution is 4.91. The summed E-state index contributed by atoms with van der Waals surface area (Å²) in [6.07, 6.45) is 3.85. The first-order valence-corrected chi connectivity index (χ1v) is 7.92. The molecule has 1 saturated heterocycles. The Morgan fingerprint density at radius 3 is 2.37 bits per heavy atom. The summed E-state index contributed by atoms with van der Waals surface area (Å²) in [4.78, 5) is 5.24. The molecule has 2 rings (SSSR count). The minimum Gasteiger partial charge on any atom is -0.394 e. The SMILES string of the molecule is CCNC(C)(CO)CC(C)N1CCN(C2CC2)CC1. The summed E-state index contributed by atoms with van der Waals surface area (Å²) < 4.78 is 0. The summed E-state index contributed by atoms with van der Waals surface area (Å²) in [5.41, 5.74) is -0.137. The molecule has 1 saturated carbocycles. The number of hydrogen-bond acceptors (Lipinski definition) is 4. The first kappa shape index (κ1) is 15.2. The maximum absolute atomic E-state index is 9.60. The van der Waals surface area contributed by atoms with Gasteiger partial charge in [-0.05, 0) is 39.7 Å². The number of hydrogen-bond donors (Lipinski definition) is 2. The van der Waals surface area contributed by atoms with Gasteiger partial charge in [-0.25, -0.2) is 0 Å². The predicted octanol–water partition coefficient (Wildman–Crippen LogP) is 0.906. The van der Waals surface area contributed by atoms with Crippen molar-refractivity contribution in [2.24, 2.45) is 0 Å². The van der Waals surface area contributed by atoms with E-state index in [1.807, 2.05) is 0 Å². The largest absolute Gasteiger partial charge is 0.394 e. The number of nitrogens with zero attached hydrogens (tertiary/aromatic N) is 2. The van der Waals surface area contributed by atoms with Gasteiger partial charge in [0.05, 0.1) is 6.61 Å². The number of nitrogens with one attached hydrogen (secondary N) is 1. The van der Waals surface area contributed by atoms with Crippen molar-refractivity contribution in [1.82, 2.24) is 15.1 Å². The van der Waals surface area contributed by atoms with Crippen LogP contribution in [0, 0.1) is 0 Å². The molecule has 2 unspecified atom stereocenters. The molecule has 2 N–H and O–H groups in total. The Balaban J connectivity index is 1.77. The fraction of sp³-hybridized carbons (Fsp3) is 1.00. The van der Waals surface area contributed by atoms with E-state index in [0.29, 0.717) is 6.04 Å². The van der Waals surface area contributed by atoms with Crippen LogP contribution >= 0.6 is 0 Å². The van der Waals surface area contributed by atoms with Crippen LogP contribution in [0.4, 0.5) is 0 Å². The van der Waals surface area contributed by atoms with Crippen LogP contribution in [0.15, 0.2) is 0 Å². The Morgan fingerprint density at radius 2 is 1.89 bits per heavy atom. The summed E-state index contributed by atoms with van der Waals surface area (Å²) in [6, 6.07) is 1.44. The van der Waals surface area contributed by atoms with Gasteiger partial charge in [-0.2, -0.15) is 0 Å². The van der Waals surface area contributed by atoms with Crippen LogP contribution < -0.4 is 5.32 Å². The minimum atomic E-state index is -0.137. The van der Waals surface area contributed by atoms with Crippen LogP contribution in [-0.2, 0) is 0 Å². The van der Waals surface area contributed by atoms with Crippen molar-refractivity contribution in [1.29, 1.82) is 0 Å². The van der Waals surface area contributed by atoms with Gasteiger partial charge in [-0.15, -0.1) is 0 Å². The molecule has 2 aliphatic rings. The van der Waals surface area contributed by atoms with E-state index in [2.05, 4.69) is 35.9 Å². The first-order chi connectivity index (χ1) is 9.08. The van der Waals surface area contributed by atoms with E-state index in [0.717, 1.165) is 19.0 Å². The molecule has 0 aromatic carbocycles. The number of aliphatic hydroxyl groups is 1. The molecule has 4 heteroatoms. The van der Waals surface area contributed by atoms with Gasteiger partial charge in [0.25, 0.3) is 0 Å². The molecule has 0 aromatic heterocycles. The van der Waals surface area contributed by atoms with Crippen molar-refractivity contribution in [3.8, 4) is 0 Å². The molecule has 1 aliphatic carbocycles. The maximum atomic E-state index is 9.60. The van der Waals surface area contributed by atoms with E-state index in [9.17, 15) is 5.11 Å². The number of rotatable bonds is 7. The van der Waals surface area contributed by atoms with Gasteiger partial charge in [-0.3, -0.25) is 9.80 Å². The minimum absolute atomic E-state index is 0.137.